The van der Waals surface area contributed by atoms with E-state index in [-0.39, 0.29) is 12.2 Å². The Morgan fingerprint density at radius 2 is 1.87 bits per heavy atom. The lowest BCUT2D eigenvalue weighted by Crippen LogP contribution is -2.58. The summed E-state index contributed by atoms with van der Waals surface area (Å²) in [6.45, 7) is 1.54. The topological polar surface area (TPSA) is 172 Å². The summed E-state index contributed by atoms with van der Waals surface area (Å²) in [6, 6.07) is 10.5. The number of nitrogens with zero attached hydrogens (tertiary/aromatic N) is 2. The van der Waals surface area contributed by atoms with Gasteiger partial charge in [0.05, 0.1) is 18.1 Å². The largest absolute Gasteiger partial charge is 0.508 e. The van der Waals surface area contributed by atoms with Crippen LogP contribution in [-0.2, 0) is 32.5 Å². The molecule has 1 heterocycles. The van der Waals surface area contributed by atoms with Crippen LogP contribution in [-0.4, -0.2) is 69.8 Å². The van der Waals surface area contributed by atoms with Crippen LogP contribution in [0.2, 0.25) is 0 Å². The van der Waals surface area contributed by atoms with Gasteiger partial charge in [-0.05, 0) is 47.7 Å². The van der Waals surface area contributed by atoms with Gasteiger partial charge < -0.3 is 20.5 Å². The van der Waals surface area contributed by atoms with Crippen molar-refractivity contribution < 1.29 is 33.4 Å². The third kappa shape index (κ3) is 6.03. The van der Waals surface area contributed by atoms with Crippen molar-refractivity contribution in [3.8, 4) is 5.75 Å². The zero-order chi connectivity index (χ0) is 28.5. The number of halogens is 1. The van der Waals surface area contributed by atoms with Gasteiger partial charge in [0.1, 0.15) is 11.8 Å². The lowest BCUT2D eigenvalue weighted by Gasteiger charge is -2.30. The molecule has 0 saturated carbocycles. The average molecular weight is 580 g/mol. The second-order valence-corrected chi connectivity index (χ2v) is 11.8. The number of aliphatic hydroxyl groups excluding tert-OH is 1. The predicted molar refractivity (Wildman–Crippen MR) is 141 cm³/mol. The number of sulfonamides is 1. The van der Waals surface area contributed by atoms with Gasteiger partial charge in [0, 0.05) is 31.4 Å². The van der Waals surface area contributed by atoms with Crippen LogP contribution in [0.5, 0.6) is 5.75 Å². The Labute approximate surface area is 231 Å². The molecule has 12 nitrogen and oxygen atoms in total. The number of phenolic OH excluding ortho intramolecular Hbond substituents is 1. The number of aliphatic hydroxyl groups is 1. The van der Waals surface area contributed by atoms with Gasteiger partial charge in [0.2, 0.25) is 15.9 Å². The summed E-state index contributed by atoms with van der Waals surface area (Å²) in [4.78, 5) is 26.7. The Hall–Kier alpha value is -3.20. The van der Waals surface area contributed by atoms with Crippen LogP contribution in [0.25, 0.3) is 0 Å². The molecule has 2 aromatic carbocycles. The second-order valence-electron chi connectivity index (χ2n) is 9.64. The molecule has 2 amide bonds. The van der Waals surface area contributed by atoms with Crippen LogP contribution in [0.1, 0.15) is 29.7 Å². The molecule has 6 N–H and O–H groups in total. The standard InChI is InChI=1S/C25H30ClN5O7S/c1-14-13-30(2)31(26)25(14)39(37,38)29-22(24(35)28-36)19(11-15-6-5-8-17(32)10-15)23(34)27-21-18-9-4-3-7-16(18)12-20(21)33/h3-10,13,19-22,25,29,32-33,36H,11-12H2,1-2H3,(H,27,34)(H,28,35)/t19-,20-,21+,22+,25?/m1/s1. The van der Waals surface area contributed by atoms with Crippen molar-refractivity contribution in [3.63, 3.8) is 0 Å². The third-order valence-corrected chi connectivity index (χ3v) is 9.15. The van der Waals surface area contributed by atoms with Gasteiger partial charge in [-0.1, -0.05) is 36.4 Å². The highest BCUT2D eigenvalue weighted by molar-refractivity contribution is 7.90. The van der Waals surface area contributed by atoms with Gasteiger partial charge in [-0.3, -0.25) is 14.8 Å². The molecular formula is C25H30ClN5O7S. The number of nitrogens with one attached hydrogen (secondary N) is 3. The molecule has 0 bridgehead atoms. The zero-order valence-electron chi connectivity index (χ0n) is 21.2. The lowest BCUT2D eigenvalue weighted by atomic mass is 9.90. The summed E-state index contributed by atoms with van der Waals surface area (Å²) in [6.07, 6.45) is 0.655. The minimum Gasteiger partial charge on any atom is -0.508 e. The van der Waals surface area contributed by atoms with Gasteiger partial charge in [-0.25, -0.2) is 18.6 Å². The maximum absolute atomic E-state index is 13.8. The van der Waals surface area contributed by atoms with E-state index >= 15 is 0 Å². The fourth-order valence-corrected chi connectivity index (χ4v) is 7.24. The number of amides is 2. The van der Waals surface area contributed by atoms with Crippen molar-refractivity contribution in [1.82, 2.24) is 25.1 Å². The molecule has 210 valence electrons. The van der Waals surface area contributed by atoms with Gasteiger partial charge in [0.15, 0.2) is 5.37 Å². The lowest BCUT2D eigenvalue weighted by molar-refractivity contribution is -0.137. The van der Waals surface area contributed by atoms with E-state index in [2.05, 4.69) is 10.0 Å². The van der Waals surface area contributed by atoms with Crippen LogP contribution in [0.4, 0.5) is 0 Å². The minimum absolute atomic E-state index is 0.0944. The zero-order valence-corrected chi connectivity index (χ0v) is 22.7. The number of aromatic hydroxyl groups is 1. The van der Waals surface area contributed by atoms with Crippen molar-refractivity contribution in [3.05, 3.63) is 77.0 Å². The van der Waals surface area contributed by atoms with Gasteiger partial charge in [-0.15, -0.1) is 4.53 Å². The Bertz CT molecular complexity index is 1390. The van der Waals surface area contributed by atoms with Gasteiger partial charge in [-0.2, -0.15) is 0 Å². The van der Waals surface area contributed by atoms with E-state index in [1.165, 1.54) is 41.9 Å². The molecule has 0 fully saturated rings. The fraction of sp³-hybridized carbons (Fsp3) is 0.360. The van der Waals surface area contributed by atoms with E-state index in [4.69, 9.17) is 11.8 Å². The summed E-state index contributed by atoms with van der Waals surface area (Å²) in [5.74, 6) is -3.45. The fourth-order valence-electron chi connectivity index (χ4n) is 5.04. The van der Waals surface area contributed by atoms with Gasteiger partial charge in [0.25, 0.3) is 5.91 Å². The minimum atomic E-state index is -4.43. The first-order chi connectivity index (χ1) is 18.4. The number of carbonyl (C=O) groups excluding carboxylic acids is 2. The molecule has 0 saturated heterocycles. The SMILES string of the molecule is CC1=CN(C)N(Cl)C1S(=O)(=O)N[C@H](C(=O)NO)[C@@H](Cc1cccc(O)c1)C(=O)N[C@H]1c2ccccc2C[C@H]1O. The second kappa shape index (κ2) is 11.5. The Balaban J connectivity index is 1.70. The van der Waals surface area contributed by atoms with Gasteiger partial charge >= 0.3 is 0 Å². The Kier molecular flexibility index (Phi) is 8.49. The number of hydroxylamine groups is 1. The molecular weight excluding hydrogens is 550 g/mol. The van der Waals surface area contributed by atoms with Crippen molar-refractivity contribution >= 4 is 33.6 Å². The van der Waals surface area contributed by atoms with E-state index in [9.17, 15) is 33.4 Å². The molecule has 5 atom stereocenters. The number of hydrogen-bond acceptors (Lipinski definition) is 9. The molecule has 0 spiro atoms. The van der Waals surface area contributed by atoms with Crippen LogP contribution >= 0.6 is 11.8 Å². The maximum Gasteiger partial charge on any atom is 0.262 e. The van der Waals surface area contributed by atoms with Crippen LogP contribution in [0.15, 0.2) is 60.3 Å². The molecule has 39 heavy (non-hydrogen) atoms. The van der Waals surface area contributed by atoms with Crippen LogP contribution in [0.3, 0.4) is 0 Å². The molecule has 1 aliphatic heterocycles. The monoisotopic (exact) mass is 579 g/mol. The van der Waals surface area contributed by atoms with Crippen molar-refractivity contribution in [2.45, 2.75) is 43.3 Å². The van der Waals surface area contributed by atoms with E-state index < -0.39 is 51.3 Å². The van der Waals surface area contributed by atoms with Crippen LogP contribution < -0.4 is 15.5 Å². The number of rotatable bonds is 9. The number of benzene rings is 2. The van der Waals surface area contributed by atoms with E-state index in [0.29, 0.717) is 23.1 Å². The first kappa shape index (κ1) is 28.8. The summed E-state index contributed by atoms with van der Waals surface area (Å²) < 4.78 is 30.1. The molecule has 2 aliphatic rings. The molecule has 1 unspecified atom stereocenters. The highest BCUT2D eigenvalue weighted by atomic mass is 35.5. The molecule has 14 heteroatoms. The summed E-state index contributed by atoms with van der Waals surface area (Å²) >= 11 is 6.17. The molecule has 2 aromatic rings. The van der Waals surface area contributed by atoms with Crippen molar-refractivity contribution in [1.29, 1.82) is 0 Å². The molecule has 4 rings (SSSR count). The van der Waals surface area contributed by atoms with E-state index in [1.54, 1.807) is 25.1 Å². The van der Waals surface area contributed by atoms with E-state index in [1.807, 2.05) is 12.1 Å². The number of phenols is 1. The Morgan fingerprint density at radius 3 is 2.51 bits per heavy atom. The molecule has 0 radical (unpaired) electrons. The smallest absolute Gasteiger partial charge is 0.262 e. The highest BCUT2D eigenvalue weighted by Gasteiger charge is 2.45. The van der Waals surface area contributed by atoms with E-state index in [0.717, 1.165) is 10.1 Å². The van der Waals surface area contributed by atoms with Crippen molar-refractivity contribution in [2.75, 3.05) is 7.05 Å². The predicted octanol–water partition coefficient (Wildman–Crippen LogP) is 0.665. The first-order valence-electron chi connectivity index (χ1n) is 12.1. The van der Waals surface area contributed by atoms with Crippen LogP contribution in [0, 0.1) is 5.92 Å². The molecule has 1 aliphatic carbocycles. The quantitative estimate of drug-likeness (QED) is 0.142. The summed E-state index contributed by atoms with van der Waals surface area (Å²) in [7, 11) is -2.89. The number of hydrogen-bond donors (Lipinski definition) is 6. The summed E-state index contributed by atoms with van der Waals surface area (Å²) in [5.41, 5.74) is 3.76. The third-order valence-electron chi connectivity index (χ3n) is 6.86. The normalized spacial score (nSPS) is 22.6. The number of hydrazine groups is 1. The molecule has 0 aromatic heterocycles. The number of fused-ring (bicyclic) bond motifs is 1. The Morgan fingerprint density at radius 1 is 1.15 bits per heavy atom. The first-order valence-corrected chi connectivity index (χ1v) is 14.0. The maximum atomic E-state index is 13.8. The number of carbonyl (C=O) groups is 2. The van der Waals surface area contributed by atoms with Crippen molar-refractivity contribution in [2.24, 2.45) is 5.92 Å². The average Bonchev–Trinajstić information content (AvgIpc) is 3.34. The highest BCUT2D eigenvalue weighted by Crippen LogP contribution is 2.32. The summed E-state index contributed by atoms with van der Waals surface area (Å²) in [5, 5.41) is 32.8.